The largest absolute Gasteiger partial charge is 0.392 e. The lowest BCUT2D eigenvalue weighted by molar-refractivity contribution is 0.189. The maximum Gasteiger partial charge on any atom is 0.0636 e. The van der Waals surface area contributed by atoms with Crippen molar-refractivity contribution in [2.24, 2.45) is 5.92 Å². The van der Waals surface area contributed by atoms with Gasteiger partial charge < -0.3 is 10.4 Å². The fourth-order valence-electron chi connectivity index (χ4n) is 0.683. The highest BCUT2D eigenvalue weighted by molar-refractivity contribution is 4.56. The minimum atomic E-state index is -0.218. The van der Waals surface area contributed by atoms with Gasteiger partial charge in [-0.2, -0.15) is 0 Å². The summed E-state index contributed by atoms with van der Waals surface area (Å²) in [5.74, 6) is 0.721. The van der Waals surface area contributed by atoms with Crippen LogP contribution < -0.4 is 5.32 Å². The third-order valence-corrected chi connectivity index (χ3v) is 1.63. The first-order valence-corrected chi connectivity index (χ1v) is 4.05. The van der Waals surface area contributed by atoms with Crippen LogP contribution in [0.15, 0.2) is 0 Å². The van der Waals surface area contributed by atoms with Crippen molar-refractivity contribution in [2.45, 2.75) is 33.3 Å². The van der Waals surface area contributed by atoms with Gasteiger partial charge in [0.2, 0.25) is 0 Å². The van der Waals surface area contributed by atoms with Gasteiger partial charge in [0.15, 0.2) is 0 Å². The van der Waals surface area contributed by atoms with Crippen molar-refractivity contribution in [1.82, 2.24) is 5.32 Å². The van der Waals surface area contributed by atoms with Crippen LogP contribution in [-0.4, -0.2) is 24.3 Å². The molecule has 2 atom stereocenters. The second kappa shape index (κ2) is 5.69. The highest BCUT2D eigenvalue weighted by Crippen LogP contribution is 1.96. The number of nitrogens with one attached hydrogen (secondary N) is 1. The minimum absolute atomic E-state index is 0.218. The Morgan fingerprint density at radius 3 is 2.30 bits per heavy atom. The molecular formula is C8H19NO. The van der Waals surface area contributed by atoms with Crippen LogP contribution >= 0.6 is 0 Å². The summed E-state index contributed by atoms with van der Waals surface area (Å²) in [5, 5.41) is 12.1. The molecule has 0 saturated heterocycles. The van der Waals surface area contributed by atoms with Crippen LogP contribution in [0.25, 0.3) is 0 Å². The Hall–Kier alpha value is -0.0800. The highest BCUT2D eigenvalue weighted by Gasteiger charge is 1.98. The normalized spacial score (nSPS) is 16.8. The van der Waals surface area contributed by atoms with Crippen molar-refractivity contribution < 1.29 is 5.11 Å². The molecule has 0 rings (SSSR count). The molecule has 0 bridgehead atoms. The second-order valence-corrected chi connectivity index (χ2v) is 3.02. The Labute approximate surface area is 63.6 Å². The molecule has 0 fully saturated rings. The summed E-state index contributed by atoms with van der Waals surface area (Å²) >= 11 is 0. The van der Waals surface area contributed by atoms with Crippen LogP contribution in [0.5, 0.6) is 0 Å². The lowest BCUT2D eigenvalue weighted by atomic mass is 10.1. The van der Waals surface area contributed by atoms with Gasteiger partial charge in [0, 0.05) is 6.54 Å². The van der Waals surface area contributed by atoms with Crippen LogP contribution in [0.4, 0.5) is 0 Å². The van der Waals surface area contributed by atoms with Gasteiger partial charge in [-0.3, -0.25) is 0 Å². The first-order chi connectivity index (χ1) is 4.66. The quantitative estimate of drug-likeness (QED) is 0.605. The second-order valence-electron chi connectivity index (χ2n) is 3.02. The molecule has 0 aromatic heterocycles. The molecular weight excluding hydrogens is 126 g/mol. The molecule has 0 aliphatic rings. The maximum absolute atomic E-state index is 8.88. The molecule has 1 unspecified atom stereocenters. The molecule has 0 heterocycles. The molecule has 10 heavy (non-hydrogen) atoms. The van der Waals surface area contributed by atoms with E-state index in [1.54, 1.807) is 6.92 Å². The molecule has 62 valence electrons. The van der Waals surface area contributed by atoms with E-state index in [2.05, 4.69) is 19.2 Å². The summed E-state index contributed by atoms with van der Waals surface area (Å²) in [7, 11) is 0. The average molecular weight is 145 g/mol. The third kappa shape index (κ3) is 6.05. The van der Waals surface area contributed by atoms with Gasteiger partial charge in [0.05, 0.1) is 6.10 Å². The van der Waals surface area contributed by atoms with Gasteiger partial charge in [0.1, 0.15) is 0 Å². The maximum atomic E-state index is 8.88. The van der Waals surface area contributed by atoms with Crippen molar-refractivity contribution >= 4 is 0 Å². The van der Waals surface area contributed by atoms with Gasteiger partial charge in [-0.05, 0) is 19.4 Å². The topological polar surface area (TPSA) is 32.3 Å². The monoisotopic (exact) mass is 145 g/mol. The molecule has 0 aliphatic carbocycles. The van der Waals surface area contributed by atoms with Crippen molar-refractivity contribution in [3.63, 3.8) is 0 Å². The van der Waals surface area contributed by atoms with E-state index in [4.69, 9.17) is 5.11 Å². The Morgan fingerprint density at radius 1 is 1.30 bits per heavy atom. The highest BCUT2D eigenvalue weighted by atomic mass is 16.3. The SMILES string of the molecule is CCC(C)CNC[C@H](C)O. The van der Waals surface area contributed by atoms with Crippen LogP contribution in [0, 0.1) is 5.92 Å². The Balaban J connectivity index is 3.03. The van der Waals surface area contributed by atoms with Gasteiger partial charge in [-0.25, -0.2) is 0 Å². The van der Waals surface area contributed by atoms with Crippen LogP contribution in [0.1, 0.15) is 27.2 Å². The predicted octanol–water partition coefficient (Wildman–Crippen LogP) is 1.00. The average Bonchev–Trinajstić information content (AvgIpc) is 1.87. The molecule has 0 aromatic carbocycles. The lowest BCUT2D eigenvalue weighted by Crippen LogP contribution is -2.28. The van der Waals surface area contributed by atoms with Gasteiger partial charge >= 0.3 is 0 Å². The molecule has 0 saturated carbocycles. The number of aliphatic hydroxyl groups excluding tert-OH is 1. The summed E-state index contributed by atoms with van der Waals surface area (Å²) in [6, 6.07) is 0. The van der Waals surface area contributed by atoms with E-state index >= 15 is 0 Å². The van der Waals surface area contributed by atoms with Gasteiger partial charge in [-0.15, -0.1) is 0 Å². The standard InChI is InChI=1S/C8H19NO/c1-4-7(2)5-9-6-8(3)10/h7-10H,4-6H2,1-3H3/t7?,8-/m0/s1. The van der Waals surface area contributed by atoms with E-state index in [0.29, 0.717) is 6.54 Å². The van der Waals surface area contributed by atoms with Crippen molar-refractivity contribution in [1.29, 1.82) is 0 Å². The van der Waals surface area contributed by atoms with E-state index in [-0.39, 0.29) is 6.10 Å². The number of aliphatic hydroxyl groups is 1. The molecule has 0 aromatic rings. The fraction of sp³-hybridized carbons (Fsp3) is 1.00. The third-order valence-electron chi connectivity index (χ3n) is 1.63. The molecule has 0 spiro atoms. The summed E-state index contributed by atoms with van der Waals surface area (Å²) in [6.45, 7) is 7.90. The van der Waals surface area contributed by atoms with Gasteiger partial charge in [0.25, 0.3) is 0 Å². The van der Waals surface area contributed by atoms with E-state index in [9.17, 15) is 0 Å². The first kappa shape index (κ1) is 9.92. The summed E-state index contributed by atoms with van der Waals surface area (Å²) in [5.41, 5.74) is 0. The van der Waals surface area contributed by atoms with Crippen LogP contribution in [0.3, 0.4) is 0 Å². The molecule has 0 radical (unpaired) electrons. The fourth-order valence-corrected chi connectivity index (χ4v) is 0.683. The minimum Gasteiger partial charge on any atom is -0.392 e. The zero-order chi connectivity index (χ0) is 7.98. The van der Waals surface area contributed by atoms with E-state index in [1.165, 1.54) is 6.42 Å². The number of hydrogen-bond donors (Lipinski definition) is 2. The summed E-state index contributed by atoms with van der Waals surface area (Å²) in [6.07, 6.45) is 0.983. The Morgan fingerprint density at radius 2 is 1.90 bits per heavy atom. The lowest BCUT2D eigenvalue weighted by Gasteiger charge is -2.10. The van der Waals surface area contributed by atoms with Gasteiger partial charge in [-0.1, -0.05) is 20.3 Å². The molecule has 2 nitrogen and oxygen atoms in total. The van der Waals surface area contributed by atoms with Crippen molar-refractivity contribution in [3.8, 4) is 0 Å². The number of hydrogen-bond acceptors (Lipinski definition) is 2. The summed E-state index contributed by atoms with van der Waals surface area (Å²) < 4.78 is 0. The van der Waals surface area contributed by atoms with E-state index < -0.39 is 0 Å². The summed E-state index contributed by atoms with van der Waals surface area (Å²) in [4.78, 5) is 0. The van der Waals surface area contributed by atoms with Crippen LogP contribution in [0.2, 0.25) is 0 Å². The Bertz CT molecular complexity index is 73.7. The zero-order valence-corrected chi connectivity index (χ0v) is 7.22. The molecule has 0 aliphatic heterocycles. The van der Waals surface area contributed by atoms with E-state index in [0.717, 1.165) is 12.5 Å². The predicted molar refractivity (Wildman–Crippen MR) is 44.0 cm³/mol. The molecule has 0 amide bonds. The smallest absolute Gasteiger partial charge is 0.0636 e. The van der Waals surface area contributed by atoms with E-state index in [1.807, 2.05) is 0 Å². The zero-order valence-electron chi connectivity index (χ0n) is 7.22. The number of rotatable bonds is 5. The first-order valence-electron chi connectivity index (χ1n) is 4.05. The van der Waals surface area contributed by atoms with Crippen molar-refractivity contribution in [3.05, 3.63) is 0 Å². The van der Waals surface area contributed by atoms with Crippen LogP contribution in [-0.2, 0) is 0 Å². The van der Waals surface area contributed by atoms with Crippen molar-refractivity contribution in [2.75, 3.05) is 13.1 Å². The molecule has 2 heteroatoms. The Kier molecular flexibility index (Phi) is 5.64. The molecule has 2 N–H and O–H groups in total.